The molecule has 2 aromatic rings. The highest BCUT2D eigenvalue weighted by Crippen LogP contribution is 2.26. The van der Waals surface area contributed by atoms with Crippen LogP contribution in [0.3, 0.4) is 0 Å². The maximum absolute atomic E-state index is 12.2. The number of nitrogen functional groups attached to an aromatic ring is 1. The number of nitrogens with two attached hydrogens (primary N) is 1. The Morgan fingerprint density at radius 3 is 2.71 bits per heavy atom. The monoisotopic (exact) mass is 328 g/mol. The summed E-state index contributed by atoms with van der Waals surface area (Å²) < 4.78 is 10.7. The molecule has 0 unspecified atom stereocenters. The first-order chi connectivity index (χ1) is 11.6. The van der Waals surface area contributed by atoms with Gasteiger partial charge in [0.25, 0.3) is 0 Å². The van der Waals surface area contributed by atoms with Gasteiger partial charge in [-0.1, -0.05) is 24.3 Å². The first kappa shape index (κ1) is 17.8. The fraction of sp³-hybridized carbons (Fsp3) is 0.316. The lowest BCUT2D eigenvalue weighted by molar-refractivity contribution is -0.116. The number of aryl methyl sites for hydroxylation is 2. The molecule has 2 aromatic carbocycles. The Kier molecular flexibility index (Phi) is 6.63. The fourth-order valence-electron chi connectivity index (χ4n) is 2.31. The van der Waals surface area contributed by atoms with Gasteiger partial charge in [-0.05, 0) is 42.7 Å². The molecule has 128 valence electrons. The van der Waals surface area contributed by atoms with Crippen LogP contribution in [0.1, 0.15) is 17.5 Å². The molecule has 0 aliphatic heterocycles. The number of carbonyl (C=O) groups is 1. The van der Waals surface area contributed by atoms with Crippen LogP contribution in [0.25, 0.3) is 0 Å². The normalized spacial score (nSPS) is 10.4. The molecule has 2 rings (SSSR count). The number of carbonyl (C=O) groups excluding carboxylic acids is 1. The van der Waals surface area contributed by atoms with Gasteiger partial charge in [0.15, 0.2) is 0 Å². The minimum Gasteiger partial charge on any atom is -0.489 e. The minimum absolute atomic E-state index is 0.0707. The van der Waals surface area contributed by atoms with E-state index in [1.165, 1.54) is 0 Å². The number of hydrogen-bond donors (Lipinski definition) is 2. The summed E-state index contributed by atoms with van der Waals surface area (Å²) in [6.45, 7) is 2.91. The first-order valence-electron chi connectivity index (χ1n) is 7.96. The van der Waals surface area contributed by atoms with Gasteiger partial charge in [0, 0.05) is 19.2 Å². The quantitative estimate of drug-likeness (QED) is 0.576. The van der Waals surface area contributed by atoms with E-state index in [9.17, 15) is 4.79 Å². The lowest BCUT2D eigenvalue weighted by Gasteiger charge is -2.13. The summed E-state index contributed by atoms with van der Waals surface area (Å²) in [4.78, 5) is 12.2. The van der Waals surface area contributed by atoms with Crippen molar-refractivity contribution in [3.63, 3.8) is 0 Å². The van der Waals surface area contributed by atoms with Gasteiger partial charge in [0.2, 0.25) is 5.91 Å². The van der Waals surface area contributed by atoms with E-state index in [0.717, 1.165) is 11.1 Å². The van der Waals surface area contributed by atoms with Crippen LogP contribution < -0.4 is 15.8 Å². The van der Waals surface area contributed by atoms with Crippen LogP contribution in [0.15, 0.2) is 42.5 Å². The largest absolute Gasteiger partial charge is 0.489 e. The highest BCUT2D eigenvalue weighted by molar-refractivity contribution is 5.92. The standard InChI is InChI=1S/C19H24N2O3/c1-14-7-9-17(18(13-14)24-12-11-23-2)21-19(22)10-8-15-5-3-4-6-16(15)20/h3-7,9,13H,8,10-12,20H2,1-2H3,(H,21,22). The molecule has 0 atom stereocenters. The Labute approximate surface area is 142 Å². The van der Waals surface area contributed by atoms with Crippen molar-refractivity contribution in [3.05, 3.63) is 53.6 Å². The zero-order valence-electron chi connectivity index (χ0n) is 14.2. The molecule has 0 spiro atoms. The molecule has 0 fully saturated rings. The summed E-state index contributed by atoms with van der Waals surface area (Å²) in [6, 6.07) is 13.3. The number of anilines is 2. The van der Waals surface area contributed by atoms with Crippen molar-refractivity contribution >= 4 is 17.3 Å². The summed E-state index contributed by atoms with van der Waals surface area (Å²) in [7, 11) is 1.62. The van der Waals surface area contributed by atoms with Gasteiger partial charge in [-0.25, -0.2) is 0 Å². The van der Waals surface area contributed by atoms with Crippen LogP contribution in [0.5, 0.6) is 5.75 Å². The molecule has 0 saturated carbocycles. The third-order valence-corrected chi connectivity index (χ3v) is 3.63. The van der Waals surface area contributed by atoms with Crippen LogP contribution >= 0.6 is 0 Å². The molecule has 24 heavy (non-hydrogen) atoms. The van der Waals surface area contributed by atoms with Crippen LogP contribution in [-0.4, -0.2) is 26.2 Å². The third-order valence-electron chi connectivity index (χ3n) is 3.63. The van der Waals surface area contributed by atoms with Gasteiger partial charge in [0.05, 0.1) is 12.3 Å². The molecule has 5 nitrogen and oxygen atoms in total. The average molecular weight is 328 g/mol. The zero-order chi connectivity index (χ0) is 17.4. The molecule has 3 N–H and O–H groups in total. The Balaban J connectivity index is 1.96. The van der Waals surface area contributed by atoms with Gasteiger partial charge >= 0.3 is 0 Å². The molecule has 0 aliphatic rings. The number of rotatable bonds is 8. The van der Waals surface area contributed by atoms with Crippen LogP contribution in [-0.2, 0) is 16.0 Å². The summed E-state index contributed by atoms with van der Waals surface area (Å²) in [5, 5.41) is 2.91. The molecule has 0 bridgehead atoms. The second-order valence-electron chi connectivity index (χ2n) is 5.59. The molecule has 0 aliphatic carbocycles. The zero-order valence-corrected chi connectivity index (χ0v) is 14.2. The summed E-state index contributed by atoms with van der Waals surface area (Å²) in [5.74, 6) is 0.582. The van der Waals surface area contributed by atoms with Crippen molar-refractivity contribution in [2.45, 2.75) is 19.8 Å². The van der Waals surface area contributed by atoms with Gasteiger partial charge in [-0.2, -0.15) is 0 Å². The van der Waals surface area contributed by atoms with E-state index in [2.05, 4.69) is 5.32 Å². The van der Waals surface area contributed by atoms with Crippen LogP contribution in [0, 0.1) is 6.92 Å². The second kappa shape index (κ2) is 8.93. The number of amides is 1. The van der Waals surface area contributed by atoms with Gasteiger partial charge in [0.1, 0.15) is 12.4 Å². The number of hydrogen-bond acceptors (Lipinski definition) is 4. The molecule has 5 heteroatoms. The van der Waals surface area contributed by atoms with Gasteiger partial charge in [-0.15, -0.1) is 0 Å². The SMILES string of the molecule is COCCOc1cc(C)ccc1NC(=O)CCc1ccccc1N. The number of benzene rings is 2. The highest BCUT2D eigenvalue weighted by atomic mass is 16.5. The molecular weight excluding hydrogens is 304 g/mol. The number of methoxy groups -OCH3 is 1. The van der Waals surface area contributed by atoms with E-state index < -0.39 is 0 Å². The van der Waals surface area contributed by atoms with Crippen molar-refractivity contribution < 1.29 is 14.3 Å². The van der Waals surface area contributed by atoms with Crippen LogP contribution in [0.4, 0.5) is 11.4 Å². The first-order valence-corrected chi connectivity index (χ1v) is 7.96. The molecule has 0 radical (unpaired) electrons. The van der Waals surface area contributed by atoms with Crippen molar-refractivity contribution in [1.29, 1.82) is 0 Å². The molecule has 0 saturated heterocycles. The third kappa shape index (κ3) is 5.28. The topological polar surface area (TPSA) is 73.6 Å². The predicted octanol–water partition coefficient (Wildman–Crippen LogP) is 3.17. The lowest BCUT2D eigenvalue weighted by atomic mass is 10.1. The van der Waals surface area contributed by atoms with Crippen molar-refractivity contribution in [3.8, 4) is 5.75 Å². The Bertz CT molecular complexity index is 686. The lowest BCUT2D eigenvalue weighted by Crippen LogP contribution is -2.14. The van der Waals surface area contributed by atoms with E-state index in [1.54, 1.807) is 7.11 Å². The fourth-order valence-corrected chi connectivity index (χ4v) is 2.31. The minimum atomic E-state index is -0.0707. The number of para-hydroxylation sites is 1. The maximum atomic E-state index is 12.2. The van der Waals surface area contributed by atoms with E-state index in [4.69, 9.17) is 15.2 Å². The molecule has 1 amide bonds. The summed E-state index contributed by atoms with van der Waals surface area (Å²) in [5.41, 5.74) is 9.33. The van der Waals surface area contributed by atoms with Crippen LogP contribution in [0.2, 0.25) is 0 Å². The van der Waals surface area contributed by atoms with Crippen molar-refractivity contribution in [1.82, 2.24) is 0 Å². The number of ether oxygens (including phenoxy) is 2. The van der Waals surface area contributed by atoms with Gasteiger partial charge < -0.3 is 20.5 Å². The smallest absolute Gasteiger partial charge is 0.224 e. The summed E-state index contributed by atoms with van der Waals surface area (Å²) in [6.07, 6.45) is 0.962. The maximum Gasteiger partial charge on any atom is 0.224 e. The van der Waals surface area contributed by atoms with Gasteiger partial charge in [-0.3, -0.25) is 4.79 Å². The van der Waals surface area contributed by atoms with Crippen molar-refractivity contribution in [2.24, 2.45) is 0 Å². The van der Waals surface area contributed by atoms with E-state index >= 15 is 0 Å². The number of nitrogens with one attached hydrogen (secondary N) is 1. The average Bonchev–Trinajstić information content (AvgIpc) is 2.57. The summed E-state index contributed by atoms with van der Waals surface area (Å²) >= 11 is 0. The van der Waals surface area contributed by atoms with E-state index in [0.29, 0.717) is 43.2 Å². The second-order valence-corrected chi connectivity index (χ2v) is 5.59. The van der Waals surface area contributed by atoms with Crippen molar-refractivity contribution in [2.75, 3.05) is 31.4 Å². The van der Waals surface area contributed by atoms with E-state index in [1.807, 2.05) is 49.4 Å². The predicted molar refractivity (Wildman–Crippen MR) is 96.4 cm³/mol. The Morgan fingerprint density at radius 1 is 1.17 bits per heavy atom. The molecule has 0 aromatic heterocycles. The van der Waals surface area contributed by atoms with E-state index in [-0.39, 0.29) is 5.91 Å². The molecule has 0 heterocycles. The Hall–Kier alpha value is -2.53. The Morgan fingerprint density at radius 2 is 1.96 bits per heavy atom. The molecular formula is C19H24N2O3. The highest BCUT2D eigenvalue weighted by Gasteiger charge is 2.09.